The summed E-state index contributed by atoms with van der Waals surface area (Å²) in [5.41, 5.74) is 10.9. The SMILES string of the molecule is c1ccc(-c2c3ccccc3c(-c3ccccc3)c3cc(-c4ccc(-n5c6ccccc6c6cnccc65)cc4)ccc23)cc1. The molecule has 2 nitrogen and oxygen atoms in total. The summed E-state index contributed by atoms with van der Waals surface area (Å²) in [6.45, 7) is 0. The van der Waals surface area contributed by atoms with Crippen molar-refractivity contribution in [2.75, 3.05) is 0 Å². The normalized spacial score (nSPS) is 11.6. The van der Waals surface area contributed by atoms with Gasteiger partial charge in [-0.2, -0.15) is 0 Å². The Bertz CT molecular complexity index is 2450. The smallest absolute Gasteiger partial charge is 0.0571 e. The van der Waals surface area contributed by atoms with Crippen LogP contribution >= 0.6 is 0 Å². The van der Waals surface area contributed by atoms with Gasteiger partial charge in [0.15, 0.2) is 0 Å². The molecule has 0 aliphatic carbocycles. The van der Waals surface area contributed by atoms with Crippen molar-refractivity contribution in [2.24, 2.45) is 0 Å². The van der Waals surface area contributed by atoms with Crippen LogP contribution in [-0.2, 0) is 0 Å². The molecule has 0 unspecified atom stereocenters. The third-order valence-corrected chi connectivity index (χ3v) is 9.08. The van der Waals surface area contributed by atoms with Crippen LogP contribution in [0, 0.1) is 0 Å². The molecule has 0 fully saturated rings. The standard InChI is InChI=1S/C43H28N2/c1-3-11-30(12-4-1)42-35-16-7-8-17-36(35)43(31-13-5-2-6-14-31)38-27-32(21-24-37(38)42)29-19-22-33(23-20-29)45-40-18-10-9-15-34(40)39-28-44-26-25-41(39)45/h1-28H. The zero-order valence-corrected chi connectivity index (χ0v) is 24.6. The predicted octanol–water partition coefficient (Wildman–Crippen LogP) is 11.5. The molecule has 0 atom stereocenters. The average molecular weight is 573 g/mol. The van der Waals surface area contributed by atoms with Crippen LogP contribution in [0.5, 0.6) is 0 Å². The molecule has 0 saturated heterocycles. The van der Waals surface area contributed by atoms with Crippen molar-refractivity contribution < 1.29 is 0 Å². The van der Waals surface area contributed by atoms with E-state index in [9.17, 15) is 0 Å². The molecule has 0 N–H and O–H groups in total. The monoisotopic (exact) mass is 572 g/mol. The highest BCUT2D eigenvalue weighted by molar-refractivity contribution is 6.22. The van der Waals surface area contributed by atoms with Crippen molar-refractivity contribution in [3.8, 4) is 39.1 Å². The fraction of sp³-hybridized carbons (Fsp3) is 0. The van der Waals surface area contributed by atoms with Gasteiger partial charge < -0.3 is 4.57 Å². The number of hydrogen-bond donors (Lipinski definition) is 0. The Hall–Kier alpha value is -5.99. The lowest BCUT2D eigenvalue weighted by atomic mass is 9.85. The largest absolute Gasteiger partial charge is 0.309 e. The van der Waals surface area contributed by atoms with Crippen molar-refractivity contribution >= 4 is 43.4 Å². The minimum atomic E-state index is 1.14. The first kappa shape index (κ1) is 25.5. The number of benzene rings is 7. The van der Waals surface area contributed by atoms with Gasteiger partial charge in [-0.05, 0) is 85.3 Å². The van der Waals surface area contributed by atoms with E-state index >= 15 is 0 Å². The van der Waals surface area contributed by atoms with Crippen LogP contribution < -0.4 is 0 Å². The fourth-order valence-corrected chi connectivity index (χ4v) is 7.09. The Kier molecular flexibility index (Phi) is 5.85. The van der Waals surface area contributed by atoms with E-state index in [4.69, 9.17) is 0 Å². The summed E-state index contributed by atoms with van der Waals surface area (Å²) in [5.74, 6) is 0. The molecule has 9 aromatic rings. The Morgan fingerprint density at radius 1 is 0.356 bits per heavy atom. The van der Waals surface area contributed by atoms with Crippen LogP contribution in [0.1, 0.15) is 0 Å². The van der Waals surface area contributed by atoms with E-state index in [1.165, 1.54) is 71.2 Å². The molecular weight excluding hydrogens is 544 g/mol. The van der Waals surface area contributed by atoms with Crippen LogP contribution in [0.15, 0.2) is 170 Å². The summed E-state index contributed by atoms with van der Waals surface area (Å²) in [4.78, 5) is 4.41. The lowest BCUT2D eigenvalue weighted by Gasteiger charge is -2.19. The first-order chi connectivity index (χ1) is 22.3. The molecule has 0 amide bonds. The number of pyridine rings is 1. The minimum absolute atomic E-state index is 1.14. The van der Waals surface area contributed by atoms with E-state index in [1.54, 1.807) is 0 Å². The fourth-order valence-electron chi connectivity index (χ4n) is 7.09. The number of fused-ring (bicyclic) bond motifs is 5. The maximum atomic E-state index is 4.41. The summed E-state index contributed by atoms with van der Waals surface area (Å²) in [6, 6.07) is 57.1. The van der Waals surface area contributed by atoms with Crippen molar-refractivity contribution in [3.05, 3.63) is 170 Å². The van der Waals surface area contributed by atoms with E-state index < -0.39 is 0 Å². The molecule has 0 bridgehead atoms. The summed E-state index contributed by atoms with van der Waals surface area (Å²) < 4.78 is 2.34. The topological polar surface area (TPSA) is 17.8 Å². The zero-order valence-electron chi connectivity index (χ0n) is 24.6. The number of hydrogen-bond acceptors (Lipinski definition) is 1. The van der Waals surface area contributed by atoms with E-state index in [1.807, 2.05) is 12.4 Å². The second-order valence-corrected chi connectivity index (χ2v) is 11.6. The van der Waals surface area contributed by atoms with Gasteiger partial charge in [-0.15, -0.1) is 0 Å². The van der Waals surface area contributed by atoms with E-state index in [-0.39, 0.29) is 0 Å². The third-order valence-electron chi connectivity index (χ3n) is 9.08. The van der Waals surface area contributed by atoms with Crippen molar-refractivity contribution in [1.82, 2.24) is 9.55 Å². The van der Waals surface area contributed by atoms with Gasteiger partial charge in [0.1, 0.15) is 0 Å². The van der Waals surface area contributed by atoms with Gasteiger partial charge in [0.25, 0.3) is 0 Å². The molecule has 45 heavy (non-hydrogen) atoms. The van der Waals surface area contributed by atoms with Crippen molar-refractivity contribution in [1.29, 1.82) is 0 Å². The lowest BCUT2D eigenvalue weighted by molar-refractivity contribution is 1.17. The molecule has 0 aliphatic rings. The Labute approximate surface area is 261 Å². The van der Waals surface area contributed by atoms with Gasteiger partial charge in [0.05, 0.1) is 11.0 Å². The second-order valence-electron chi connectivity index (χ2n) is 11.6. The summed E-state index contributed by atoms with van der Waals surface area (Å²) in [6.07, 6.45) is 3.84. The van der Waals surface area contributed by atoms with Crippen molar-refractivity contribution in [2.45, 2.75) is 0 Å². The first-order valence-corrected chi connectivity index (χ1v) is 15.4. The molecule has 210 valence electrons. The van der Waals surface area contributed by atoms with Crippen LogP contribution in [0.3, 0.4) is 0 Å². The van der Waals surface area contributed by atoms with Crippen molar-refractivity contribution in [3.63, 3.8) is 0 Å². The van der Waals surface area contributed by atoms with E-state index in [2.05, 4.69) is 167 Å². The molecule has 0 radical (unpaired) electrons. The number of nitrogens with zero attached hydrogens (tertiary/aromatic N) is 2. The maximum Gasteiger partial charge on any atom is 0.0571 e. The first-order valence-electron chi connectivity index (χ1n) is 15.4. The molecular formula is C43H28N2. The summed E-state index contributed by atoms with van der Waals surface area (Å²) >= 11 is 0. The van der Waals surface area contributed by atoms with Gasteiger partial charge in [0.2, 0.25) is 0 Å². The molecule has 0 aliphatic heterocycles. The molecule has 2 heteroatoms. The predicted molar refractivity (Wildman–Crippen MR) is 190 cm³/mol. The molecule has 2 heterocycles. The van der Waals surface area contributed by atoms with Gasteiger partial charge in [-0.25, -0.2) is 0 Å². The van der Waals surface area contributed by atoms with Gasteiger partial charge >= 0.3 is 0 Å². The molecule has 0 saturated carbocycles. The van der Waals surface area contributed by atoms with Gasteiger partial charge in [-0.1, -0.05) is 127 Å². The van der Waals surface area contributed by atoms with Gasteiger partial charge in [-0.3, -0.25) is 4.98 Å². The van der Waals surface area contributed by atoms with Crippen LogP contribution in [-0.4, -0.2) is 9.55 Å². The Balaban J connectivity index is 1.26. The molecule has 0 spiro atoms. The maximum absolute atomic E-state index is 4.41. The Morgan fingerprint density at radius 2 is 0.889 bits per heavy atom. The third kappa shape index (κ3) is 4.07. The van der Waals surface area contributed by atoms with Crippen LogP contribution in [0.25, 0.3) is 82.4 Å². The Morgan fingerprint density at radius 3 is 1.58 bits per heavy atom. The number of aromatic nitrogens is 2. The van der Waals surface area contributed by atoms with Crippen LogP contribution in [0.4, 0.5) is 0 Å². The molecule has 2 aromatic heterocycles. The highest BCUT2D eigenvalue weighted by Crippen LogP contribution is 2.44. The quantitative estimate of drug-likeness (QED) is 0.192. The minimum Gasteiger partial charge on any atom is -0.309 e. The van der Waals surface area contributed by atoms with Gasteiger partial charge in [0, 0.05) is 28.9 Å². The number of para-hydroxylation sites is 1. The number of rotatable bonds is 4. The highest BCUT2D eigenvalue weighted by atomic mass is 15.0. The molecule has 7 aromatic carbocycles. The highest BCUT2D eigenvalue weighted by Gasteiger charge is 2.17. The second kappa shape index (κ2) is 10.3. The summed E-state index contributed by atoms with van der Waals surface area (Å²) in [5, 5.41) is 7.45. The summed E-state index contributed by atoms with van der Waals surface area (Å²) in [7, 11) is 0. The van der Waals surface area contributed by atoms with E-state index in [0.717, 1.165) is 11.2 Å². The zero-order chi connectivity index (χ0) is 29.7. The van der Waals surface area contributed by atoms with Crippen LogP contribution in [0.2, 0.25) is 0 Å². The molecule has 9 rings (SSSR count). The lowest BCUT2D eigenvalue weighted by Crippen LogP contribution is -1.94. The average Bonchev–Trinajstić information content (AvgIpc) is 3.45. The van der Waals surface area contributed by atoms with E-state index in [0.29, 0.717) is 0 Å².